The molecule has 0 fully saturated rings. The van der Waals surface area contributed by atoms with Crippen molar-refractivity contribution in [2.24, 2.45) is 0 Å². The van der Waals surface area contributed by atoms with Gasteiger partial charge in [0.1, 0.15) is 0 Å². The molecular formula is C22H26N2O4. The fraction of sp³-hybridized carbons (Fsp3) is 0.318. The summed E-state index contributed by atoms with van der Waals surface area (Å²) in [5.41, 5.74) is 2.14. The van der Waals surface area contributed by atoms with Gasteiger partial charge in [0.25, 0.3) is 0 Å². The predicted octanol–water partition coefficient (Wildman–Crippen LogP) is 4.29. The van der Waals surface area contributed by atoms with Crippen molar-refractivity contribution in [1.29, 1.82) is 0 Å². The molecule has 2 N–H and O–H groups in total. The van der Waals surface area contributed by atoms with E-state index in [1.807, 2.05) is 12.1 Å². The summed E-state index contributed by atoms with van der Waals surface area (Å²) in [6.07, 6.45) is 2.43. The Morgan fingerprint density at radius 1 is 0.964 bits per heavy atom. The Kier molecular flexibility index (Phi) is 8.21. The van der Waals surface area contributed by atoms with E-state index < -0.39 is 5.97 Å². The summed E-state index contributed by atoms with van der Waals surface area (Å²) < 4.78 is 5.21. The minimum atomic E-state index is -0.542. The number of carbonyl (C=O) groups is 3. The third kappa shape index (κ3) is 6.23. The lowest BCUT2D eigenvalue weighted by Gasteiger charge is -2.11. The Hall–Kier alpha value is -3.15. The molecule has 6 heteroatoms. The van der Waals surface area contributed by atoms with E-state index >= 15 is 0 Å². The number of amides is 1. The number of rotatable bonds is 10. The molecule has 0 unspecified atom stereocenters. The van der Waals surface area contributed by atoms with Crippen molar-refractivity contribution in [3.8, 4) is 0 Å². The van der Waals surface area contributed by atoms with Crippen LogP contribution in [0.3, 0.4) is 0 Å². The molecule has 2 aromatic rings. The summed E-state index contributed by atoms with van der Waals surface area (Å²) in [6, 6.07) is 13.6. The minimum absolute atomic E-state index is 0.0979. The van der Waals surface area contributed by atoms with Crippen molar-refractivity contribution < 1.29 is 19.1 Å². The van der Waals surface area contributed by atoms with Gasteiger partial charge < -0.3 is 15.4 Å². The van der Waals surface area contributed by atoms with E-state index in [-0.39, 0.29) is 18.3 Å². The van der Waals surface area contributed by atoms with Crippen molar-refractivity contribution in [2.75, 3.05) is 23.8 Å². The fourth-order valence-corrected chi connectivity index (χ4v) is 2.50. The van der Waals surface area contributed by atoms with Crippen LogP contribution in [0.5, 0.6) is 0 Å². The first-order valence-electron chi connectivity index (χ1n) is 9.48. The molecular weight excluding hydrogens is 356 g/mol. The van der Waals surface area contributed by atoms with E-state index in [9.17, 15) is 14.4 Å². The highest BCUT2D eigenvalue weighted by Crippen LogP contribution is 2.17. The predicted molar refractivity (Wildman–Crippen MR) is 110 cm³/mol. The summed E-state index contributed by atoms with van der Waals surface area (Å²) in [4.78, 5) is 36.0. The van der Waals surface area contributed by atoms with Crippen LogP contribution in [0, 0.1) is 0 Å². The highest BCUT2D eigenvalue weighted by atomic mass is 16.5. The van der Waals surface area contributed by atoms with Gasteiger partial charge in [0.05, 0.1) is 5.56 Å². The molecule has 2 aromatic carbocycles. The Morgan fingerprint density at radius 2 is 1.68 bits per heavy atom. The first-order chi connectivity index (χ1) is 13.5. The van der Waals surface area contributed by atoms with Crippen LogP contribution in [0.4, 0.5) is 11.4 Å². The quantitative estimate of drug-likeness (QED) is 0.364. The second kappa shape index (κ2) is 10.9. The average Bonchev–Trinajstić information content (AvgIpc) is 2.72. The van der Waals surface area contributed by atoms with Crippen molar-refractivity contribution in [3.05, 3.63) is 59.7 Å². The van der Waals surface area contributed by atoms with E-state index in [1.54, 1.807) is 43.3 Å². The number of benzene rings is 2. The number of unbranched alkanes of at least 4 members (excludes halogenated alkanes) is 1. The lowest BCUT2D eigenvalue weighted by atomic mass is 10.1. The Morgan fingerprint density at radius 3 is 2.36 bits per heavy atom. The standard InChI is InChI=1S/C22H26N2O4/c1-3-5-14-23-19-9-7-6-8-18(19)22(27)28-15-20(25)16-10-12-17(13-11-16)24-21(26)4-2/h6-13,23H,3-5,14-15H2,1-2H3,(H,24,26). The van der Waals surface area contributed by atoms with Gasteiger partial charge in [-0.1, -0.05) is 32.4 Å². The van der Waals surface area contributed by atoms with E-state index in [2.05, 4.69) is 17.6 Å². The fourth-order valence-electron chi connectivity index (χ4n) is 2.50. The normalized spacial score (nSPS) is 10.2. The molecule has 0 spiro atoms. The summed E-state index contributed by atoms with van der Waals surface area (Å²) in [7, 11) is 0. The molecule has 0 radical (unpaired) electrons. The molecule has 0 heterocycles. The number of esters is 1. The number of ether oxygens (including phenoxy) is 1. The monoisotopic (exact) mass is 382 g/mol. The zero-order chi connectivity index (χ0) is 20.4. The number of hydrogen-bond donors (Lipinski definition) is 2. The second-order valence-electron chi connectivity index (χ2n) is 6.30. The molecule has 28 heavy (non-hydrogen) atoms. The second-order valence-corrected chi connectivity index (χ2v) is 6.30. The van der Waals surface area contributed by atoms with E-state index in [0.29, 0.717) is 28.9 Å². The first kappa shape index (κ1) is 21.2. The molecule has 0 aliphatic heterocycles. The van der Waals surface area contributed by atoms with Crippen molar-refractivity contribution >= 4 is 29.0 Å². The van der Waals surface area contributed by atoms with Crippen LogP contribution in [0.25, 0.3) is 0 Å². The van der Waals surface area contributed by atoms with Gasteiger partial charge in [-0.2, -0.15) is 0 Å². The maximum absolute atomic E-state index is 12.4. The van der Waals surface area contributed by atoms with Gasteiger partial charge in [0, 0.05) is 29.9 Å². The lowest BCUT2D eigenvalue weighted by Crippen LogP contribution is -2.16. The van der Waals surface area contributed by atoms with Crippen molar-refractivity contribution in [2.45, 2.75) is 33.1 Å². The summed E-state index contributed by atoms with van der Waals surface area (Å²) >= 11 is 0. The van der Waals surface area contributed by atoms with Gasteiger partial charge in [-0.05, 0) is 42.8 Å². The number of Topliss-reactive ketones (excluding diaryl/α,β-unsaturated/α-hetero) is 1. The zero-order valence-corrected chi connectivity index (χ0v) is 16.3. The molecule has 0 saturated heterocycles. The van der Waals surface area contributed by atoms with Gasteiger partial charge in [0.2, 0.25) is 5.91 Å². The molecule has 0 saturated carbocycles. The van der Waals surface area contributed by atoms with E-state index in [1.165, 1.54) is 0 Å². The van der Waals surface area contributed by atoms with Crippen LogP contribution in [-0.4, -0.2) is 30.8 Å². The lowest BCUT2D eigenvalue weighted by molar-refractivity contribution is -0.115. The van der Waals surface area contributed by atoms with Crippen LogP contribution >= 0.6 is 0 Å². The number of hydrogen-bond acceptors (Lipinski definition) is 5. The van der Waals surface area contributed by atoms with E-state index in [4.69, 9.17) is 4.74 Å². The summed E-state index contributed by atoms with van der Waals surface area (Å²) in [5.74, 6) is -0.947. The maximum Gasteiger partial charge on any atom is 0.340 e. The highest BCUT2D eigenvalue weighted by Gasteiger charge is 2.15. The number of anilines is 2. The zero-order valence-electron chi connectivity index (χ0n) is 16.3. The Labute approximate surface area is 165 Å². The first-order valence-corrected chi connectivity index (χ1v) is 9.48. The topological polar surface area (TPSA) is 84.5 Å². The average molecular weight is 382 g/mol. The van der Waals surface area contributed by atoms with Crippen LogP contribution in [0.1, 0.15) is 53.8 Å². The van der Waals surface area contributed by atoms with Crippen molar-refractivity contribution in [1.82, 2.24) is 0 Å². The van der Waals surface area contributed by atoms with Crippen LogP contribution in [0.2, 0.25) is 0 Å². The number of para-hydroxylation sites is 1. The molecule has 2 rings (SSSR count). The molecule has 0 aromatic heterocycles. The number of carbonyl (C=O) groups excluding carboxylic acids is 3. The van der Waals surface area contributed by atoms with Gasteiger partial charge in [-0.25, -0.2) is 4.79 Å². The van der Waals surface area contributed by atoms with Gasteiger partial charge in [0.15, 0.2) is 12.4 Å². The minimum Gasteiger partial charge on any atom is -0.454 e. The number of ketones is 1. The van der Waals surface area contributed by atoms with Gasteiger partial charge in [-0.15, -0.1) is 0 Å². The molecule has 0 aliphatic rings. The molecule has 0 atom stereocenters. The van der Waals surface area contributed by atoms with Gasteiger partial charge >= 0.3 is 5.97 Å². The number of nitrogens with one attached hydrogen (secondary N) is 2. The third-order valence-corrected chi connectivity index (χ3v) is 4.14. The van der Waals surface area contributed by atoms with E-state index in [0.717, 1.165) is 19.4 Å². The van der Waals surface area contributed by atoms with Crippen LogP contribution in [0.15, 0.2) is 48.5 Å². The molecule has 0 aliphatic carbocycles. The van der Waals surface area contributed by atoms with Crippen LogP contribution < -0.4 is 10.6 Å². The molecule has 1 amide bonds. The third-order valence-electron chi connectivity index (χ3n) is 4.14. The maximum atomic E-state index is 12.4. The highest BCUT2D eigenvalue weighted by molar-refractivity contribution is 6.01. The molecule has 0 bridgehead atoms. The Bertz CT molecular complexity index is 816. The largest absolute Gasteiger partial charge is 0.454 e. The Balaban J connectivity index is 1.93. The summed E-state index contributed by atoms with van der Waals surface area (Å²) in [5, 5.41) is 5.93. The van der Waals surface area contributed by atoms with Gasteiger partial charge in [-0.3, -0.25) is 9.59 Å². The SMILES string of the molecule is CCCCNc1ccccc1C(=O)OCC(=O)c1ccc(NC(=O)CC)cc1. The molecule has 6 nitrogen and oxygen atoms in total. The molecule has 148 valence electrons. The van der Waals surface area contributed by atoms with Crippen LogP contribution in [-0.2, 0) is 9.53 Å². The smallest absolute Gasteiger partial charge is 0.340 e. The summed E-state index contributed by atoms with van der Waals surface area (Å²) in [6.45, 7) is 4.28. The van der Waals surface area contributed by atoms with Crippen molar-refractivity contribution in [3.63, 3.8) is 0 Å².